The average Bonchev–Trinajstić information content (AvgIpc) is 2.15. The molecule has 15 heavy (non-hydrogen) atoms. The van der Waals surface area contributed by atoms with E-state index in [0.717, 1.165) is 6.07 Å². The number of halogens is 3. The molecule has 1 aromatic rings. The van der Waals surface area contributed by atoms with Gasteiger partial charge in [-0.05, 0) is 15.9 Å². The topological polar surface area (TPSA) is 65.2 Å². The van der Waals surface area contributed by atoms with Crippen molar-refractivity contribution in [2.24, 2.45) is 5.73 Å². The number of alkyl halides is 2. The predicted octanol–water partition coefficient (Wildman–Crippen LogP) is 1.89. The van der Waals surface area contributed by atoms with Gasteiger partial charge in [0.15, 0.2) is 0 Å². The number of rotatable bonds is 3. The first kappa shape index (κ1) is 11.8. The second-order valence-electron chi connectivity index (χ2n) is 2.58. The highest BCUT2D eigenvalue weighted by Gasteiger charge is 2.21. The Morgan fingerprint density at radius 3 is 2.67 bits per heavy atom. The summed E-state index contributed by atoms with van der Waals surface area (Å²) in [5.74, 6) is -0.935. The highest BCUT2D eigenvalue weighted by Crippen LogP contribution is 2.34. The van der Waals surface area contributed by atoms with Gasteiger partial charge in [0.25, 0.3) is 12.3 Å². The number of hydrogen-bond acceptors (Lipinski definition) is 3. The molecule has 0 fully saturated rings. The van der Waals surface area contributed by atoms with E-state index in [1.165, 1.54) is 7.11 Å². The Balaban J connectivity index is 3.37. The molecular weight excluding hydrogens is 274 g/mol. The lowest BCUT2D eigenvalue weighted by molar-refractivity contribution is 0.0993. The fraction of sp³-hybridized carbons (Fsp3) is 0.250. The van der Waals surface area contributed by atoms with Crippen LogP contribution in [0.3, 0.4) is 0 Å². The average molecular weight is 281 g/mol. The van der Waals surface area contributed by atoms with Gasteiger partial charge in [-0.25, -0.2) is 13.8 Å². The Bertz CT molecular complexity index is 398. The van der Waals surface area contributed by atoms with Crippen LogP contribution in [-0.2, 0) is 0 Å². The molecule has 4 nitrogen and oxygen atoms in total. The van der Waals surface area contributed by atoms with E-state index < -0.39 is 17.9 Å². The van der Waals surface area contributed by atoms with Crippen LogP contribution in [0, 0.1) is 0 Å². The number of nitrogens with two attached hydrogens (primary N) is 1. The van der Waals surface area contributed by atoms with E-state index >= 15 is 0 Å². The fourth-order valence-corrected chi connectivity index (χ4v) is 1.55. The molecule has 1 aromatic heterocycles. The third-order valence-electron chi connectivity index (χ3n) is 1.66. The van der Waals surface area contributed by atoms with Crippen molar-refractivity contribution in [2.75, 3.05) is 7.11 Å². The molecule has 1 rings (SSSR count). The van der Waals surface area contributed by atoms with Gasteiger partial charge in [-0.1, -0.05) is 0 Å². The Kier molecular flexibility index (Phi) is 3.57. The first-order chi connectivity index (χ1) is 6.97. The number of ether oxygens (including phenoxy) is 1. The highest BCUT2D eigenvalue weighted by molar-refractivity contribution is 9.10. The summed E-state index contributed by atoms with van der Waals surface area (Å²) in [4.78, 5) is 14.4. The number of carbonyl (C=O) groups excluding carboxylic acids is 1. The van der Waals surface area contributed by atoms with Gasteiger partial charge < -0.3 is 10.5 Å². The zero-order valence-electron chi connectivity index (χ0n) is 7.63. The zero-order chi connectivity index (χ0) is 11.6. The third-order valence-corrected chi connectivity index (χ3v) is 2.27. The minimum absolute atomic E-state index is 0.124. The minimum Gasteiger partial charge on any atom is -0.496 e. The first-order valence-electron chi connectivity index (χ1n) is 3.79. The molecule has 0 bridgehead atoms. The number of carbonyl (C=O) groups is 1. The van der Waals surface area contributed by atoms with Crippen LogP contribution in [0.15, 0.2) is 10.7 Å². The van der Waals surface area contributed by atoms with Crippen molar-refractivity contribution in [2.45, 2.75) is 6.43 Å². The van der Waals surface area contributed by atoms with Crippen LogP contribution in [0.1, 0.15) is 22.5 Å². The predicted molar refractivity (Wildman–Crippen MR) is 52.0 cm³/mol. The molecule has 2 N–H and O–H groups in total. The summed E-state index contributed by atoms with van der Waals surface area (Å²) in [5, 5.41) is 0. The Morgan fingerprint density at radius 2 is 2.27 bits per heavy atom. The number of hydrogen-bond donors (Lipinski definition) is 1. The van der Waals surface area contributed by atoms with Crippen molar-refractivity contribution in [3.8, 4) is 5.75 Å². The molecule has 0 saturated heterocycles. The maximum Gasteiger partial charge on any atom is 0.270 e. The van der Waals surface area contributed by atoms with E-state index in [1.54, 1.807) is 0 Å². The van der Waals surface area contributed by atoms with Gasteiger partial charge in [0, 0.05) is 6.07 Å². The second-order valence-corrected chi connectivity index (χ2v) is 3.33. The second kappa shape index (κ2) is 4.52. The summed E-state index contributed by atoms with van der Waals surface area (Å²) < 4.78 is 29.7. The van der Waals surface area contributed by atoms with E-state index in [-0.39, 0.29) is 16.0 Å². The van der Waals surface area contributed by atoms with E-state index in [9.17, 15) is 13.6 Å². The van der Waals surface area contributed by atoms with E-state index in [0.29, 0.717) is 0 Å². The van der Waals surface area contributed by atoms with Crippen LogP contribution >= 0.6 is 15.9 Å². The molecule has 0 spiro atoms. The van der Waals surface area contributed by atoms with Gasteiger partial charge in [-0.15, -0.1) is 0 Å². The number of nitrogens with zero attached hydrogens (tertiary/aromatic N) is 1. The lowest BCUT2D eigenvalue weighted by Gasteiger charge is -2.10. The van der Waals surface area contributed by atoms with Crippen molar-refractivity contribution in [3.63, 3.8) is 0 Å². The van der Waals surface area contributed by atoms with Crippen LogP contribution in [0.25, 0.3) is 0 Å². The largest absolute Gasteiger partial charge is 0.496 e. The molecule has 0 aliphatic rings. The number of pyridine rings is 1. The summed E-state index contributed by atoms with van der Waals surface area (Å²) in [5.41, 5.74) is 4.43. The van der Waals surface area contributed by atoms with Crippen molar-refractivity contribution >= 4 is 21.8 Å². The summed E-state index contributed by atoms with van der Waals surface area (Å²) in [6.45, 7) is 0. The lowest BCUT2D eigenvalue weighted by atomic mass is 10.2. The third kappa shape index (κ3) is 2.41. The SMILES string of the molecule is COc1cc(C(N)=O)nc(Br)c1C(F)F. The summed E-state index contributed by atoms with van der Waals surface area (Å²) in [6.07, 6.45) is -2.75. The summed E-state index contributed by atoms with van der Waals surface area (Å²) in [6, 6.07) is 1.08. The zero-order valence-corrected chi connectivity index (χ0v) is 9.22. The van der Waals surface area contributed by atoms with Crippen molar-refractivity contribution in [1.82, 2.24) is 4.98 Å². The van der Waals surface area contributed by atoms with Crippen LogP contribution in [0.2, 0.25) is 0 Å². The number of amides is 1. The number of methoxy groups -OCH3 is 1. The number of aromatic nitrogens is 1. The summed E-state index contributed by atoms with van der Waals surface area (Å²) in [7, 11) is 1.22. The molecule has 82 valence electrons. The molecule has 1 amide bonds. The van der Waals surface area contributed by atoms with E-state index in [1.807, 2.05) is 0 Å². The normalized spacial score (nSPS) is 10.5. The molecular formula is C8H7BrF2N2O2. The molecule has 0 unspecified atom stereocenters. The van der Waals surface area contributed by atoms with Crippen molar-refractivity contribution in [3.05, 3.63) is 21.9 Å². The first-order valence-corrected chi connectivity index (χ1v) is 4.59. The van der Waals surface area contributed by atoms with Crippen LogP contribution < -0.4 is 10.5 Å². The Morgan fingerprint density at radius 1 is 1.67 bits per heavy atom. The van der Waals surface area contributed by atoms with E-state index in [2.05, 4.69) is 20.9 Å². The van der Waals surface area contributed by atoms with Crippen LogP contribution in [0.4, 0.5) is 8.78 Å². The quantitative estimate of drug-likeness (QED) is 0.860. The van der Waals surface area contributed by atoms with Gasteiger partial charge in [-0.2, -0.15) is 0 Å². The minimum atomic E-state index is -2.75. The molecule has 0 atom stereocenters. The van der Waals surface area contributed by atoms with E-state index in [4.69, 9.17) is 10.5 Å². The van der Waals surface area contributed by atoms with Gasteiger partial charge in [0.2, 0.25) is 0 Å². The van der Waals surface area contributed by atoms with Gasteiger partial charge in [-0.3, -0.25) is 4.79 Å². The molecule has 0 aliphatic heterocycles. The summed E-state index contributed by atoms with van der Waals surface area (Å²) >= 11 is 2.83. The van der Waals surface area contributed by atoms with Crippen LogP contribution in [-0.4, -0.2) is 18.0 Å². The molecule has 0 radical (unpaired) electrons. The maximum absolute atomic E-state index is 12.5. The Hall–Kier alpha value is -1.24. The molecule has 1 heterocycles. The monoisotopic (exact) mass is 280 g/mol. The van der Waals surface area contributed by atoms with Gasteiger partial charge in [0.1, 0.15) is 16.0 Å². The van der Waals surface area contributed by atoms with Gasteiger partial charge in [0.05, 0.1) is 12.7 Å². The standard InChI is InChI=1S/C8H7BrF2N2O2/c1-15-4-2-3(8(12)14)13-6(9)5(4)7(10)11/h2,7H,1H3,(H2,12,14). The van der Waals surface area contributed by atoms with Crippen molar-refractivity contribution < 1.29 is 18.3 Å². The molecule has 0 aromatic carbocycles. The lowest BCUT2D eigenvalue weighted by Crippen LogP contribution is -2.14. The van der Waals surface area contributed by atoms with Gasteiger partial charge >= 0.3 is 0 Å². The fourth-order valence-electron chi connectivity index (χ4n) is 0.995. The van der Waals surface area contributed by atoms with Crippen LogP contribution in [0.5, 0.6) is 5.75 Å². The molecule has 7 heteroatoms. The highest BCUT2D eigenvalue weighted by atomic mass is 79.9. The Labute approximate surface area is 92.6 Å². The molecule has 0 aliphatic carbocycles. The number of primary amides is 1. The smallest absolute Gasteiger partial charge is 0.270 e. The maximum atomic E-state index is 12.5. The molecule has 0 saturated carbocycles. The van der Waals surface area contributed by atoms with Crippen molar-refractivity contribution in [1.29, 1.82) is 0 Å².